The SMILES string of the molecule is CC(C)[C@H](NC(=O)O)C(=O)N1CCC[C@H]1c1ncc(C2(c3cnc([C@@H]4CCCN4C(=O)CN(C(C)C)C(C)C)[nH]3)C=CC(c3ccccc3)=CC2)[nH]1. The zero-order chi connectivity index (χ0) is 37.2. The Bertz CT molecular complexity index is 1780. The lowest BCUT2D eigenvalue weighted by molar-refractivity contribution is -0.135. The van der Waals surface area contributed by atoms with Gasteiger partial charge in [0.1, 0.15) is 17.7 Å². The van der Waals surface area contributed by atoms with Crippen LogP contribution in [0.4, 0.5) is 4.79 Å². The van der Waals surface area contributed by atoms with Gasteiger partial charge in [-0.3, -0.25) is 14.5 Å². The summed E-state index contributed by atoms with van der Waals surface area (Å²) >= 11 is 0. The molecule has 4 heterocycles. The zero-order valence-electron chi connectivity index (χ0n) is 31.3. The van der Waals surface area contributed by atoms with Crippen LogP contribution in [0.15, 0.2) is 61.0 Å². The third-order valence-corrected chi connectivity index (χ3v) is 11.0. The third kappa shape index (κ3) is 7.44. The molecule has 1 aromatic carbocycles. The largest absolute Gasteiger partial charge is 0.465 e. The Labute approximate surface area is 306 Å². The molecule has 1 unspecified atom stereocenters. The van der Waals surface area contributed by atoms with Crippen molar-refractivity contribution in [1.29, 1.82) is 0 Å². The highest BCUT2D eigenvalue weighted by Gasteiger charge is 2.41. The van der Waals surface area contributed by atoms with E-state index in [2.05, 4.69) is 78.2 Å². The monoisotopic (exact) mass is 710 g/mol. The van der Waals surface area contributed by atoms with E-state index in [0.29, 0.717) is 31.9 Å². The number of amides is 3. The molecule has 0 saturated carbocycles. The standard InChI is InChI=1S/C40H54N8O4/c1-25(2)35(45-39(51)52)38(50)47-21-11-15-31(47)37-42-23-33(44-37)40(18-16-29(17-19-40)28-12-8-7-9-13-28)32-22-41-36(43-32)30-14-10-20-46(30)34(49)24-48(26(3)4)27(5)6/h7-9,12-13,16-18,22-23,25-27,30-31,35,45H,10-11,14-15,19-21,24H2,1-6H3,(H,41,43)(H,42,44)(H,51,52)/t30-,31-,35-,40?/m0/s1. The first kappa shape index (κ1) is 37.1. The summed E-state index contributed by atoms with van der Waals surface area (Å²) in [4.78, 5) is 62.0. The van der Waals surface area contributed by atoms with Crippen LogP contribution < -0.4 is 5.32 Å². The first-order valence-electron chi connectivity index (χ1n) is 18.8. The first-order chi connectivity index (χ1) is 24.9. The van der Waals surface area contributed by atoms with Gasteiger partial charge in [-0.1, -0.05) is 62.4 Å². The second-order valence-electron chi connectivity index (χ2n) is 15.4. The van der Waals surface area contributed by atoms with Crippen molar-refractivity contribution >= 4 is 23.5 Å². The molecule has 0 spiro atoms. The molecule has 2 aliphatic heterocycles. The normalized spacial score (nSPS) is 22.5. The molecule has 3 amide bonds. The second-order valence-corrected chi connectivity index (χ2v) is 15.4. The minimum atomic E-state index is -1.21. The Morgan fingerprint density at radius 2 is 1.48 bits per heavy atom. The maximum absolute atomic E-state index is 13.7. The molecule has 0 bridgehead atoms. The van der Waals surface area contributed by atoms with E-state index in [4.69, 9.17) is 9.97 Å². The number of allylic oxidation sites excluding steroid dienone is 4. The fourth-order valence-corrected chi connectivity index (χ4v) is 8.19. The summed E-state index contributed by atoms with van der Waals surface area (Å²) in [7, 11) is 0. The van der Waals surface area contributed by atoms with E-state index in [-0.39, 0.29) is 41.9 Å². The fraction of sp³-hybridized carbons (Fsp3) is 0.525. The van der Waals surface area contributed by atoms with Crippen molar-refractivity contribution in [2.24, 2.45) is 5.92 Å². The van der Waals surface area contributed by atoms with E-state index >= 15 is 0 Å². The van der Waals surface area contributed by atoms with Crippen molar-refractivity contribution < 1.29 is 19.5 Å². The van der Waals surface area contributed by atoms with Crippen LogP contribution in [0, 0.1) is 5.92 Å². The Hall–Kier alpha value is -4.71. The van der Waals surface area contributed by atoms with Crippen molar-refractivity contribution in [2.75, 3.05) is 19.6 Å². The highest BCUT2D eigenvalue weighted by atomic mass is 16.4. The Morgan fingerprint density at radius 3 is 2.00 bits per heavy atom. The summed E-state index contributed by atoms with van der Waals surface area (Å²) < 4.78 is 0. The lowest BCUT2D eigenvalue weighted by atomic mass is 9.74. The number of likely N-dealkylation sites (tertiary alicyclic amines) is 2. The van der Waals surface area contributed by atoms with E-state index < -0.39 is 17.6 Å². The van der Waals surface area contributed by atoms with Crippen LogP contribution in [0.1, 0.15) is 114 Å². The summed E-state index contributed by atoms with van der Waals surface area (Å²) in [6.45, 7) is 13.8. The predicted molar refractivity (Wildman–Crippen MR) is 200 cm³/mol. The number of carbonyl (C=O) groups excluding carboxylic acids is 2. The molecule has 4 N–H and O–H groups in total. The molecular formula is C40H54N8O4. The van der Waals surface area contributed by atoms with E-state index in [1.807, 2.05) is 49.3 Å². The van der Waals surface area contributed by atoms with Gasteiger partial charge < -0.3 is 30.2 Å². The smallest absolute Gasteiger partial charge is 0.405 e. The fourth-order valence-electron chi connectivity index (χ4n) is 8.19. The number of rotatable bonds is 12. The molecule has 278 valence electrons. The van der Waals surface area contributed by atoms with Crippen molar-refractivity contribution in [1.82, 2.24) is 40.0 Å². The van der Waals surface area contributed by atoms with Gasteiger partial charge in [0.2, 0.25) is 11.8 Å². The van der Waals surface area contributed by atoms with E-state index in [0.717, 1.165) is 54.0 Å². The van der Waals surface area contributed by atoms with Gasteiger partial charge in [-0.25, -0.2) is 14.8 Å². The number of aromatic amines is 2. The van der Waals surface area contributed by atoms with Crippen molar-refractivity contribution in [3.8, 4) is 0 Å². The predicted octanol–water partition coefficient (Wildman–Crippen LogP) is 6.20. The lowest BCUT2D eigenvalue weighted by Crippen LogP contribution is -2.50. The van der Waals surface area contributed by atoms with Gasteiger partial charge in [0.05, 0.1) is 35.4 Å². The van der Waals surface area contributed by atoms with Crippen LogP contribution in [0.3, 0.4) is 0 Å². The van der Waals surface area contributed by atoms with Crippen molar-refractivity contribution in [2.45, 2.75) is 109 Å². The molecule has 0 radical (unpaired) electrons. The summed E-state index contributed by atoms with van der Waals surface area (Å²) in [6, 6.07) is 9.54. The second kappa shape index (κ2) is 15.5. The molecule has 6 rings (SSSR count). The van der Waals surface area contributed by atoms with Crippen LogP contribution >= 0.6 is 0 Å². The highest BCUT2D eigenvalue weighted by molar-refractivity contribution is 5.86. The molecule has 1 aliphatic carbocycles. The number of hydrogen-bond donors (Lipinski definition) is 4. The highest BCUT2D eigenvalue weighted by Crippen LogP contribution is 2.43. The van der Waals surface area contributed by atoms with E-state index in [1.54, 1.807) is 4.90 Å². The number of carbonyl (C=O) groups is 3. The molecule has 3 aliphatic rings. The number of nitrogens with one attached hydrogen (secondary N) is 3. The molecule has 2 fully saturated rings. The van der Waals surface area contributed by atoms with Crippen LogP contribution in [0.2, 0.25) is 0 Å². The van der Waals surface area contributed by atoms with Gasteiger partial charge in [0, 0.05) is 37.6 Å². The maximum Gasteiger partial charge on any atom is 0.405 e. The van der Waals surface area contributed by atoms with Gasteiger partial charge in [0.15, 0.2) is 0 Å². The number of aromatic nitrogens is 4. The third-order valence-electron chi connectivity index (χ3n) is 11.0. The van der Waals surface area contributed by atoms with Gasteiger partial charge in [0.25, 0.3) is 0 Å². The molecule has 3 aromatic rings. The van der Waals surface area contributed by atoms with Crippen LogP contribution in [0.25, 0.3) is 5.57 Å². The summed E-state index contributed by atoms with van der Waals surface area (Å²) in [5.74, 6) is 1.14. The first-order valence-corrected chi connectivity index (χ1v) is 18.8. The quantitative estimate of drug-likeness (QED) is 0.175. The average Bonchev–Trinajstić information content (AvgIpc) is 3.95. The summed E-state index contributed by atoms with van der Waals surface area (Å²) in [5.41, 5.74) is 3.36. The molecule has 2 saturated heterocycles. The molecular weight excluding hydrogens is 656 g/mol. The Morgan fingerprint density at radius 1 is 0.904 bits per heavy atom. The zero-order valence-corrected chi connectivity index (χ0v) is 31.3. The number of benzene rings is 1. The van der Waals surface area contributed by atoms with Gasteiger partial charge >= 0.3 is 6.09 Å². The van der Waals surface area contributed by atoms with Crippen LogP contribution in [0.5, 0.6) is 0 Å². The number of carboxylic acid groups (broad SMARTS) is 1. The van der Waals surface area contributed by atoms with Gasteiger partial charge in [-0.05, 0) is 76.9 Å². The molecule has 12 nitrogen and oxygen atoms in total. The number of hydrogen-bond acceptors (Lipinski definition) is 6. The number of nitrogens with zero attached hydrogens (tertiary/aromatic N) is 5. The Balaban J connectivity index is 1.31. The molecule has 4 atom stereocenters. The lowest BCUT2D eigenvalue weighted by Gasteiger charge is -2.33. The van der Waals surface area contributed by atoms with Crippen LogP contribution in [-0.2, 0) is 15.0 Å². The van der Waals surface area contributed by atoms with E-state index in [1.165, 1.54) is 0 Å². The van der Waals surface area contributed by atoms with Crippen molar-refractivity contribution in [3.63, 3.8) is 0 Å². The molecule has 12 heteroatoms. The van der Waals surface area contributed by atoms with E-state index in [9.17, 15) is 19.5 Å². The minimum absolute atomic E-state index is 0.123. The van der Waals surface area contributed by atoms with Gasteiger partial charge in [-0.15, -0.1) is 0 Å². The molecule has 2 aromatic heterocycles. The van der Waals surface area contributed by atoms with Crippen LogP contribution in [-0.4, -0.2) is 95.4 Å². The number of imidazole rings is 2. The van der Waals surface area contributed by atoms with Gasteiger partial charge in [-0.2, -0.15) is 0 Å². The molecule has 52 heavy (non-hydrogen) atoms. The minimum Gasteiger partial charge on any atom is -0.465 e. The van der Waals surface area contributed by atoms with Crippen molar-refractivity contribution in [3.05, 3.63) is 89.6 Å². The maximum atomic E-state index is 13.7. The topological polar surface area (TPSA) is 151 Å². The summed E-state index contributed by atoms with van der Waals surface area (Å²) in [5, 5.41) is 11.9. The number of H-pyrrole nitrogens is 2. The average molecular weight is 711 g/mol. The Kier molecular flexibility index (Phi) is 11.0. The summed E-state index contributed by atoms with van der Waals surface area (Å²) in [6.07, 6.45) is 13.0.